The Morgan fingerprint density at radius 3 is 2.31 bits per heavy atom. The summed E-state index contributed by atoms with van der Waals surface area (Å²) < 4.78 is 5.42. The second-order valence-corrected chi connectivity index (χ2v) is 8.14. The number of piperidine rings is 2. The highest BCUT2D eigenvalue weighted by Gasteiger charge is 2.34. The van der Waals surface area contributed by atoms with Crippen molar-refractivity contribution >= 4 is 11.9 Å². The van der Waals surface area contributed by atoms with Crippen LogP contribution < -0.4 is 10.6 Å². The highest BCUT2D eigenvalue weighted by Crippen LogP contribution is 2.29. The molecule has 3 aliphatic rings. The van der Waals surface area contributed by atoms with Crippen molar-refractivity contribution in [2.45, 2.75) is 38.5 Å². The SMILES string of the molecule is COCC1(CNC(=O)C2CCN(C(=O)N3CCCC3)CC2)CCNCC1. The van der Waals surface area contributed by atoms with Gasteiger partial charge in [0.1, 0.15) is 0 Å². The summed E-state index contributed by atoms with van der Waals surface area (Å²) in [4.78, 5) is 29.0. The number of methoxy groups -OCH3 is 1. The molecule has 0 aromatic heterocycles. The average molecular weight is 367 g/mol. The maximum Gasteiger partial charge on any atom is 0.319 e. The van der Waals surface area contributed by atoms with Crippen LogP contribution in [0, 0.1) is 11.3 Å². The van der Waals surface area contributed by atoms with Crippen molar-refractivity contribution in [2.24, 2.45) is 11.3 Å². The number of nitrogens with zero attached hydrogens (tertiary/aromatic N) is 2. The van der Waals surface area contributed by atoms with Gasteiger partial charge in [-0.05, 0) is 51.6 Å². The predicted octanol–water partition coefficient (Wildman–Crippen LogP) is 1.05. The van der Waals surface area contributed by atoms with Crippen LogP contribution in [0.2, 0.25) is 0 Å². The van der Waals surface area contributed by atoms with Crippen molar-refractivity contribution in [3.8, 4) is 0 Å². The minimum Gasteiger partial charge on any atom is -0.384 e. The summed E-state index contributed by atoms with van der Waals surface area (Å²) in [7, 11) is 1.73. The topological polar surface area (TPSA) is 73.9 Å². The largest absolute Gasteiger partial charge is 0.384 e. The molecular weight excluding hydrogens is 332 g/mol. The Balaban J connectivity index is 1.43. The molecule has 148 valence electrons. The van der Waals surface area contributed by atoms with Gasteiger partial charge >= 0.3 is 6.03 Å². The average Bonchev–Trinajstić information content (AvgIpc) is 3.21. The molecule has 0 radical (unpaired) electrons. The molecule has 7 heteroatoms. The van der Waals surface area contributed by atoms with Gasteiger partial charge in [-0.3, -0.25) is 4.79 Å². The second-order valence-electron chi connectivity index (χ2n) is 8.14. The molecule has 26 heavy (non-hydrogen) atoms. The first-order valence-corrected chi connectivity index (χ1v) is 10.1. The summed E-state index contributed by atoms with van der Waals surface area (Å²) in [6, 6.07) is 0.162. The number of likely N-dealkylation sites (tertiary alicyclic amines) is 2. The molecule has 3 aliphatic heterocycles. The zero-order chi connectivity index (χ0) is 18.4. The zero-order valence-corrected chi connectivity index (χ0v) is 16.1. The molecule has 3 saturated heterocycles. The monoisotopic (exact) mass is 366 g/mol. The van der Waals surface area contributed by atoms with Gasteiger partial charge in [-0.25, -0.2) is 4.79 Å². The van der Waals surface area contributed by atoms with E-state index in [-0.39, 0.29) is 23.3 Å². The van der Waals surface area contributed by atoms with E-state index >= 15 is 0 Å². The van der Waals surface area contributed by atoms with E-state index in [1.807, 2.05) is 9.80 Å². The van der Waals surface area contributed by atoms with Crippen molar-refractivity contribution in [1.82, 2.24) is 20.4 Å². The van der Waals surface area contributed by atoms with Crippen LogP contribution >= 0.6 is 0 Å². The minimum atomic E-state index is 0.0268. The van der Waals surface area contributed by atoms with Crippen molar-refractivity contribution in [1.29, 1.82) is 0 Å². The Morgan fingerprint density at radius 2 is 1.69 bits per heavy atom. The lowest BCUT2D eigenvalue weighted by Gasteiger charge is -2.38. The molecule has 2 N–H and O–H groups in total. The van der Waals surface area contributed by atoms with E-state index in [4.69, 9.17) is 4.74 Å². The fourth-order valence-corrected chi connectivity index (χ4v) is 4.50. The molecule has 0 saturated carbocycles. The van der Waals surface area contributed by atoms with Gasteiger partial charge in [0.25, 0.3) is 0 Å². The van der Waals surface area contributed by atoms with Crippen LogP contribution in [0.1, 0.15) is 38.5 Å². The normalized spacial score (nSPS) is 23.9. The van der Waals surface area contributed by atoms with E-state index in [2.05, 4.69) is 10.6 Å². The molecule has 0 atom stereocenters. The number of amides is 3. The van der Waals surface area contributed by atoms with Crippen LogP contribution in [0.3, 0.4) is 0 Å². The maximum atomic E-state index is 12.6. The van der Waals surface area contributed by atoms with Gasteiger partial charge in [0.15, 0.2) is 0 Å². The number of ether oxygens (including phenoxy) is 1. The first-order valence-electron chi connectivity index (χ1n) is 10.1. The third kappa shape index (κ3) is 4.68. The quantitative estimate of drug-likeness (QED) is 0.763. The van der Waals surface area contributed by atoms with Crippen LogP contribution in [0.5, 0.6) is 0 Å². The molecule has 3 fully saturated rings. The standard InChI is InChI=1S/C19H34N4O3/c1-26-15-19(6-8-20-9-7-19)14-21-17(24)16-4-12-23(13-5-16)18(25)22-10-2-3-11-22/h16,20H,2-15H2,1H3,(H,21,24). The maximum absolute atomic E-state index is 12.6. The zero-order valence-electron chi connectivity index (χ0n) is 16.1. The Labute approximate surface area is 156 Å². The smallest absolute Gasteiger partial charge is 0.319 e. The first kappa shape index (κ1) is 19.4. The summed E-state index contributed by atoms with van der Waals surface area (Å²) in [6.07, 6.45) is 5.83. The molecule has 0 aromatic carbocycles. The Morgan fingerprint density at radius 1 is 1.08 bits per heavy atom. The molecule has 0 spiro atoms. The van der Waals surface area contributed by atoms with Gasteiger partial charge in [0.2, 0.25) is 5.91 Å². The molecule has 0 aliphatic carbocycles. The minimum absolute atomic E-state index is 0.0268. The van der Waals surface area contributed by atoms with Gasteiger partial charge in [0, 0.05) is 51.2 Å². The number of rotatable bonds is 5. The van der Waals surface area contributed by atoms with Crippen LogP contribution in [0.4, 0.5) is 4.79 Å². The highest BCUT2D eigenvalue weighted by molar-refractivity contribution is 5.79. The molecule has 0 bridgehead atoms. The van der Waals surface area contributed by atoms with Crippen LogP contribution in [-0.2, 0) is 9.53 Å². The first-order chi connectivity index (χ1) is 12.6. The molecule has 0 unspecified atom stereocenters. The number of hydrogen-bond acceptors (Lipinski definition) is 4. The fraction of sp³-hybridized carbons (Fsp3) is 0.895. The van der Waals surface area contributed by atoms with Crippen molar-refractivity contribution in [2.75, 3.05) is 59.5 Å². The second kappa shape index (κ2) is 9.04. The Bertz CT molecular complexity index is 474. The number of hydrogen-bond donors (Lipinski definition) is 2. The lowest BCUT2D eigenvalue weighted by Crippen LogP contribution is -2.50. The Kier molecular flexibility index (Phi) is 6.75. The van der Waals surface area contributed by atoms with E-state index in [1.54, 1.807) is 7.11 Å². The fourth-order valence-electron chi connectivity index (χ4n) is 4.50. The van der Waals surface area contributed by atoms with Crippen molar-refractivity contribution < 1.29 is 14.3 Å². The lowest BCUT2D eigenvalue weighted by atomic mass is 9.79. The van der Waals surface area contributed by atoms with Gasteiger partial charge in [-0.15, -0.1) is 0 Å². The van der Waals surface area contributed by atoms with E-state index in [0.717, 1.165) is 64.7 Å². The van der Waals surface area contributed by atoms with Gasteiger partial charge in [0.05, 0.1) is 6.61 Å². The van der Waals surface area contributed by atoms with Gasteiger partial charge in [-0.1, -0.05) is 0 Å². The molecule has 3 amide bonds. The van der Waals surface area contributed by atoms with Gasteiger partial charge in [-0.2, -0.15) is 0 Å². The number of nitrogens with one attached hydrogen (secondary N) is 2. The number of carbonyl (C=O) groups is 2. The summed E-state index contributed by atoms with van der Waals surface area (Å²) >= 11 is 0. The van der Waals surface area contributed by atoms with Crippen molar-refractivity contribution in [3.63, 3.8) is 0 Å². The van der Waals surface area contributed by atoms with Gasteiger partial charge < -0.3 is 25.2 Å². The van der Waals surface area contributed by atoms with Crippen molar-refractivity contribution in [3.05, 3.63) is 0 Å². The number of urea groups is 1. The predicted molar refractivity (Wildman–Crippen MR) is 99.9 cm³/mol. The van der Waals surface area contributed by atoms with E-state index in [1.165, 1.54) is 0 Å². The molecule has 0 aromatic rings. The number of carbonyl (C=O) groups excluding carboxylic acids is 2. The van der Waals surface area contributed by atoms with E-state index < -0.39 is 0 Å². The van der Waals surface area contributed by atoms with Crippen LogP contribution in [-0.4, -0.2) is 81.3 Å². The molecular formula is C19H34N4O3. The summed E-state index contributed by atoms with van der Waals surface area (Å²) in [5.41, 5.74) is 0.0576. The van der Waals surface area contributed by atoms with E-state index in [0.29, 0.717) is 26.2 Å². The Hall–Kier alpha value is -1.34. The highest BCUT2D eigenvalue weighted by atomic mass is 16.5. The van der Waals surface area contributed by atoms with Crippen LogP contribution in [0.15, 0.2) is 0 Å². The third-order valence-corrected chi connectivity index (χ3v) is 6.27. The lowest BCUT2D eigenvalue weighted by molar-refractivity contribution is -0.127. The third-order valence-electron chi connectivity index (χ3n) is 6.27. The molecule has 7 nitrogen and oxygen atoms in total. The van der Waals surface area contributed by atoms with E-state index in [9.17, 15) is 9.59 Å². The molecule has 3 rings (SSSR count). The summed E-state index contributed by atoms with van der Waals surface area (Å²) in [5, 5.41) is 6.56. The summed E-state index contributed by atoms with van der Waals surface area (Å²) in [6.45, 7) is 6.50. The summed E-state index contributed by atoms with van der Waals surface area (Å²) in [5.74, 6) is 0.172. The molecule has 3 heterocycles. The van der Waals surface area contributed by atoms with Crippen LogP contribution in [0.25, 0.3) is 0 Å².